The summed E-state index contributed by atoms with van der Waals surface area (Å²) in [4.78, 5) is 14.2. The van der Waals surface area contributed by atoms with Crippen molar-refractivity contribution in [1.29, 1.82) is 0 Å². The normalized spacial score (nSPS) is 9.13. The summed E-state index contributed by atoms with van der Waals surface area (Å²) in [6.07, 6.45) is 0.199. The van der Waals surface area contributed by atoms with Gasteiger partial charge in [-0.25, -0.2) is 0 Å². The van der Waals surface area contributed by atoms with Crippen LogP contribution in [0.1, 0.15) is 16.8 Å². The van der Waals surface area contributed by atoms with Crippen molar-refractivity contribution in [2.75, 3.05) is 13.7 Å². The molecule has 1 aromatic rings. The smallest absolute Gasteiger partial charge is 0.166 e. The Morgan fingerprint density at radius 3 is 2.93 bits per heavy atom. The zero-order valence-electron chi connectivity index (χ0n) is 8.38. The summed E-state index contributed by atoms with van der Waals surface area (Å²) in [5.74, 6) is 0.461. The number of nitrogens with zero attached hydrogens (tertiary/aromatic N) is 3. The highest BCUT2D eigenvalue weighted by Crippen LogP contribution is 2.18. The van der Waals surface area contributed by atoms with Gasteiger partial charge in [-0.2, -0.15) is 0 Å². The van der Waals surface area contributed by atoms with Crippen molar-refractivity contribution in [2.24, 2.45) is 5.11 Å². The van der Waals surface area contributed by atoms with Gasteiger partial charge >= 0.3 is 0 Å². The Bertz CT molecular complexity index is 397. The fraction of sp³-hybridized carbons (Fsp3) is 0.300. The van der Waals surface area contributed by atoms with Crippen LogP contribution in [0.15, 0.2) is 29.4 Å². The Balaban J connectivity index is 2.76. The predicted molar refractivity (Wildman–Crippen MR) is 56.0 cm³/mol. The molecule has 1 aromatic carbocycles. The molecule has 0 saturated heterocycles. The number of ether oxygens (including phenoxy) is 1. The molecule has 5 heteroatoms. The molecule has 0 bridgehead atoms. The van der Waals surface area contributed by atoms with Crippen molar-refractivity contribution >= 4 is 5.78 Å². The standard InChI is InChI=1S/C10H11N3O2/c1-15-10-5-3-2-4-8(10)9(14)6-7-12-13-11/h2-5H,6-7H2,1H3. The van der Waals surface area contributed by atoms with Crippen LogP contribution in [0.3, 0.4) is 0 Å². The summed E-state index contributed by atoms with van der Waals surface area (Å²) in [6, 6.07) is 6.98. The van der Waals surface area contributed by atoms with Gasteiger partial charge in [-0.1, -0.05) is 17.2 Å². The van der Waals surface area contributed by atoms with Crippen LogP contribution in [-0.4, -0.2) is 19.4 Å². The van der Waals surface area contributed by atoms with Crippen molar-refractivity contribution < 1.29 is 9.53 Å². The van der Waals surface area contributed by atoms with Crippen molar-refractivity contribution in [2.45, 2.75) is 6.42 Å². The molecule has 0 fully saturated rings. The van der Waals surface area contributed by atoms with Gasteiger partial charge in [0.25, 0.3) is 0 Å². The van der Waals surface area contributed by atoms with Crippen LogP contribution >= 0.6 is 0 Å². The summed E-state index contributed by atoms with van der Waals surface area (Å²) >= 11 is 0. The molecule has 1 rings (SSSR count). The van der Waals surface area contributed by atoms with Crippen molar-refractivity contribution in [1.82, 2.24) is 0 Å². The van der Waals surface area contributed by atoms with Gasteiger partial charge in [-0.05, 0) is 17.7 Å². The van der Waals surface area contributed by atoms with E-state index in [1.54, 1.807) is 24.3 Å². The first-order valence-electron chi connectivity index (χ1n) is 4.46. The Kier molecular flexibility index (Phi) is 4.19. The lowest BCUT2D eigenvalue weighted by Crippen LogP contribution is -2.03. The molecule has 0 spiro atoms. The monoisotopic (exact) mass is 205 g/mol. The van der Waals surface area contributed by atoms with E-state index in [9.17, 15) is 4.79 Å². The second kappa shape index (κ2) is 5.67. The van der Waals surface area contributed by atoms with E-state index >= 15 is 0 Å². The molecule has 0 aromatic heterocycles. The van der Waals surface area contributed by atoms with Crippen molar-refractivity contribution in [3.05, 3.63) is 40.3 Å². The minimum Gasteiger partial charge on any atom is -0.496 e. The number of para-hydroxylation sites is 1. The molecule has 0 saturated carbocycles. The van der Waals surface area contributed by atoms with Gasteiger partial charge in [0, 0.05) is 17.9 Å². The number of benzene rings is 1. The first-order valence-corrected chi connectivity index (χ1v) is 4.46. The van der Waals surface area contributed by atoms with Crippen LogP contribution in [-0.2, 0) is 0 Å². The lowest BCUT2D eigenvalue weighted by molar-refractivity contribution is 0.0982. The maximum absolute atomic E-state index is 11.6. The zero-order valence-corrected chi connectivity index (χ0v) is 8.38. The van der Waals surface area contributed by atoms with Gasteiger partial charge in [-0.15, -0.1) is 0 Å². The average Bonchev–Trinajstić information content (AvgIpc) is 2.29. The van der Waals surface area contributed by atoms with E-state index in [4.69, 9.17) is 10.3 Å². The van der Waals surface area contributed by atoms with Crippen LogP contribution < -0.4 is 4.74 Å². The number of carbonyl (C=O) groups excluding carboxylic acids is 1. The summed E-state index contributed by atoms with van der Waals surface area (Å²) in [7, 11) is 1.51. The van der Waals surface area contributed by atoms with E-state index in [0.29, 0.717) is 11.3 Å². The Hall–Kier alpha value is -2.00. The number of hydrogen-bond acceptors (Lipinski definition) is 3. The van der Waals surface area contributed by atoms with E-state index in [0.717, 1.165) is 0 Å². The second-order valence-corrected chi connectivity index (χ2v) is 2.83. The summed E-state index contributed by atoms with van der Waals surface area (Å²) in [5.41, 5.74) is 8.59. The number of azide groups is 1. The first-order chi connectivity index (χ1) is 7.29. The fourth-order valence-electron chi connectivity index (χ4n) is 1.21. The molecule has 0 atom stereocenters. The van der Waals surface area contributed by atoms with Crippen molar-refractivity contribution in [3.8, 4) is 5.75 Å². The maximum atomic E-state index is 11.6. The number of rotatable bonds is 5. The number of ketones is 1. The molecule has 78 valence electrons. The van der Waals surface area contributed by atoms with Crippen LogP contribution in [0.2, 0.25) is 0 Å². The molecular formula is C10H11N3O2. The van der Waals surface area contributed by atoms with E-state index in [1.165, 1.54) is 7.11 Å². The number of hydrogen-bond donors (Lipinski definition) is 0. The van der Waals surface area contributed by atoms with Gasteiger partial charge in [0.05, 0.1) is 12.7 Å². The third kappa shape index (κ3) is 3.00. The topological polar surface area (TPSA) is 75.1 Å². The zero-order chi connectivity index (χ0) is 11.1. The van der Waals surface area contributed by atoms with Crippen LogP contribution in [0.4, 0.5) is 0 Å². The van der Waals surface area contributed by atoms with Crippen LogP contribution in [0.5, 0.6) is 5.75 Å². The molecule has 0 heterocycles. The van der Waals surface area contributed by atoms with E-state index in [-0.39, 0.29) is 18.7 Å². The molecule has 5 nitrogen and oxygen atoms in total. The average molecular weight is 205 g/mol. The van der Waals surface area contributed by atoms with Crippen molar-refractivity contribution in [3.63, 3.8) is 0 Å². The fourth-order valence-corrected chi connectivity index (χ4v) is 1.21. The lowest BCUT2D eigenvalue weighted by atomic mass is 10.1. The third-order valence-corrected chi connectivity index (χ3v) is 1.91. The highest BCUT2D eigenvalue weighted by atomic mass is 16.5. The molecular weight excluding hydrogens is 194 g/mol. The number of Topliss-reactive ketones (excluding diaryl/α,β-unsaturated/α-hetero) is 1. The SMILES string of the molecule is COc1ccccc1C(=O)CCN=[N+]=[N-]. The quantitative estimate of drug-likeness (QED) is 0.320. The summed E-state index contributed by atoms with van der Waals surface area (Å²) < 4.78 is 5.05. The summed E-state index contributed by atoms with van der Waals surface area (Å²) in [6.45, 7) is 0.174. The Labute approximate surface area is 87.3 Å². The predicted octanol–water partition coefficient (Wildman–Crippen LogP) is 2.58. The largest absolute Gasteiger partial charge is 0.496 e. The highest BCUT2D eigenvalue weighted by molar-refractivity contribution is 5.98. The van der Waals surface area contributed by atoms with Gasteiger partial charge in [0.2, 0.25) is 0 Å². The van der Waals surface area contributed by atoms with Crippen LogP contribution in [0.25, 0.3) is 10.4 Å². The molecule has 0 unspecified atom stereocenters. The lowest BCUT2D eigenvalue weighted by Gasteiger charge is -2.05. The third-order valence-electron chi connectivity index (χ3n) is 1.91. The molecule has 0 aliphatic heterocycles. The van der Waals surface area contributed by atoms with Gasteiger partial charge in [0.1, 0.15) is 5.75 Å². The van der Waals surface area contributed by atoms with E-state index in [2.05, 4.69) is 10.0 Å². The maximum Gasteiger partial charge on any atom is 0.166 e. The minimum absolute atomic E-state index is 0.0835. The molecule has 0 radical (unpaired) electrons. The highest BCUT2D eigenvalue weighted by Gasteiger charge is 2.09. The molecule has 0 N–H and O–H groups in total. The first kappa shape index (κ1) is 11.1. The Morgan fingerprint density at radius 2 is 2.27 bits per heavy atom. The molecule has 0 aliphatic rings. The molecule has 0 aliphatic carbocycles. The number of carbonyl (C=O) groups is 1. The molecule has 15 heavy (non-hydrogen) atoms. The van der Waals surface area contributed by atoms with Gasteiger partial charge < -0.3 is 4.74 Å². The minimum atomic E-state index is -0.0835. The summed E-state index contributed by atoms with van der Waals surface area (Å²) in [5, 5.41) is 3.31. The Morgan fingerprint density at radius 1 is 1.53 bits per heavy atom. The van der Waals surface area contributed by atoms with E-state index < -0.39 is 0 Å². The van der Waals surface area contributed by atoms with Gasteiger partial charge in [-0.3, -0.25) is 4.79 Å². The van der Waals surface area contributed by atoms with Gasteiger partial charge in [0.15, 0.2) is 5.78 Å². The van der Waals surface area contributed by atoms with E-state index in [1.807, 2.05) is 0 Å². The van der Waals surface area contributed by atoms with Crippen LogP contribution in [0, 0.1) is 0 Å². The number of methoxy groups -OCH3 is 1. The molecule has 0 amide bonds. The second-order valence-electron chi connectivity index (χ2n) is 2.83.